The molecule has 0 saturated heterocycles. The lowest BCUT2D eigenvalue weighted by Gasteiger charge is -2.34. The Hall–Kier alpha value is -2.07. The van der Waals surface area contributed by atoms with Gasteiger partial charge in [-0.05, 0) is 62.1 Å². The molecule has 26 heavy (non-hydrogen) atoms. The number of nitrogens with zero attached hydrogens (tertiary/aromatic N) is 2. The van der Waals surface area contributed by atoms with E-state index in [1.807, 2.05) is 22.7 Å². The summed E-state index contributed by atoms with van der Waals surface area (Å²) in [6.45, 7) is 11.0. The number of rotatable bonds is 4. The smallest absolute Gasteiger partial charge is 0.139 e. The number of nitrogens with one attached hydrogen (secondary N) is 1. The zero-order chi connectivity index (χ0) is 19.1. The van der Waals surface area contributed by atoms with Crippen molar-refractivity contribution < 1.29 is 4.39 Å². The molecule has 3 nitrogen and oxygen atoms in total. The van der Waals surface area contributed by atoms with Crippen LogP contribution in [-0.2, 0) is 0 Å². The van der Waals surface area contributed by atoms with Crippen molar-refractivity contribution in [2.24, 2.45) is 5.41 Å². The average Bonchev–Trinajstić information content (AvgIpc) is 2.83. The highest BCUT2D eigenvalue weighted by Gasteiger charge is 2.28. The van der Waals surface area contributed by atoms with E-state index in [-0.39, 0.29) is 16.8 Å². The van der Waals surface area contributed by atoms with Gasteiger partial charge < -0.3 is 5.32 Å². The van der Waals surface area contributed by atoms with Crippen LogP contribution in [0.4, 0.5) is 10.2 Å². The van der Waals surface area contributed by atoms with Crippen molar-refractivity contribution >= 4 is 23.1 Å². The van der Waals surface area contributed by atoms with Crippen LogP contribution in [0.2, 0.25) is 5.02 Å². The van der Waals surface area contributed by atoms with Crippen LogP contribution in [0, 0.1) is 11.2 Å². The monoisotopic (exact) mass is 373 g/mol. The Kier molecular flexibility index (Phi) is 4.74. The SMILES string of the molecule is CC(C)(C)CC(C)(C)Nc1c(-c2ccc(F)cc2)nc2ccc(Cl)cn12. The largest absolute Gasteiger partial charge is 0.364 e. The van der Waals surface area contributed by atoms with E-state index in [1.54, 1.807) is 12.1 Å². The first-order valence-corrected chi connectivity index (χ1v) is 9.14. The van der Waals surface area contributed by atoms with Crippen LogP contribution in [0.1, 0.15) is 41.0 Å². The van der Waals surface area contributed by atoms with Gasteiger partial charge in [0, 0.05) is 17.3 Å². The predicted octanol–water partition coefficient (Wildman–Crippen LogP) is 6.42. The molecule has 3 rings (SSSR count). The molecule has 0 aliphatic heterocycles. The van der Waals surface area contributed by atoms with E-state index < -0.39 is 0 Å². The minimum absolute atomic E-state index is 0.161. The molecule has 5 heteroatoms. The molecular formula is C21H25ClFN3. The summed E-state index contributed by atoms with van der Waals surface area (Å²) in [5.74, 6) is 0.603. The third-order valence-corrected chi connectivity index (χ3v) is 4.35. The zero-order valence-electron chi connectivity index (χ0n) is 15.9. The highest BCUT2D eigenvalue weighted by molar-refractivity contribution is 6.30. The maximum absolute atomic E-state index is 13.4. The molecule has 0 saturated carbocycles. The molecule has 0 aliphatic carbocycles. The Balaban J connectivity index is 2.13. The molecule has 0 amide bonds. The minimum Gasteiger partial charge on any atom is -0.364 e. The molecule has 2 aromatic heterocycles. The van der Waals surface area contributed by atoms with E-state index in [0.717, 1.165) is 29.1 Å². The van der Waals surface area contributed by atoms with Crippen molar-refractivity contribution in [1.82, 2.24) is 9.38 Å². The lowest BCUT2D eigenvalue weighted by molar-refractivity contribution is 0.302. The van der Waals surface area contributed by atoms with Gasteiger partial charge in [0.2, 0.25) is 0 Å². The third-order valence-electron chi connectivity index (χ3n) is 4.13. The van der Waals surface area contributed by atoms with Gasteiger partial charge in [-0.2, -0.15) is 0 Å². The van der Waals surface area contributed by atoms with Crippen LogP contribution < -0.4 is 5.32 Å². The lowest BCUT2D eigenvalue weighted by Crippen LogP contribution is -2.36. The fraction of sp³-hybridized carbons (Fsp3) is 0.381. The van der Waals surface area contributed by atoms with Crippen molar-refractivity contribution in [3.63, 3.8) is 0 Å². The van der Waals surface area contributed by atoms with Crippen LogP contribution in [0.5, 0.6) is 0 Å². The molecule has 1 aromatic carbocycles. The fourth-order valence-electron chi connectivity index (χ4n) is 3.64. The van der Waals surface area contributed by atoms with E-state index in [1.165, 1.54) is 12.1 Å². The van der Waals surface area contributed by atoms with Crippen molar-refractivity contribution in [3.8, 4) is 11.3 Å². The summed E-state index contributed by atoms with van der Waals surface area (Å²) < 4.78 is 15.3. The predicted molar refractivity (Wildman–Crippen MR) is 107 cm³/mol. The van der Waals surface area contributed by atoms with Gasteiger partial charge >= 0.3 is 0 Å². The van der Waals surface area contributed by atoms with Crippen LogP contribution in [0.25, 0.3) is 16.9 Å². The maximum atomic E-state index is 13.4. The molecule has 0 atom stereocenters. The van der Waals surface area contributed by atoms with Crippen LogP contribution in [0.15, 0.2) is 42.6 Å². The Labute approximate surface area is 159 Å². The number of fused-ring (bicyclic) bond motifs is 1. The molecule has 0 fully saturated rings. The first-order chi connectivity index (χ1) is 12.0. The Morgan fingerprint density at radius 1 is 1.04 bits per heavy atom. The quantitative estimate of drug-likeness (QED) is 0.571. The number of imidazole rings is 1. The highest BCUT2D eigenvalue weighted by Crippen LogP contribution is 2.35. The molecule has 0 bridgehead atoms. The van der Waals surface area contributed by atoms with Crippen molar-refractivity contribution in [1.29, 1.82) is 0 Å². The van der Waals surface area contributed by atoms with E-state index in [0.29, 0.717) is 5.02 Å². The van der Waals surface area contributed by atoms with Crippen LogP contribution in [-0.4, -0.2) is 14.9 Å². The second-order valence-electron chi connectivity index (χ2n) is 8.64. The molecule has 0 radical (unpaired) electrons. The number of aromatic nitrogens is 2. The molecular weight excluding hydrogens is 349 g/mol. The lowest BCUT2D eigenvalue weighted by atomic mass is 9.82. The van der Waals surface area contributed by atoms with E-state index in [9.17, 15) is 4.39 Å². The summed E-state index contributed by atoms with van der Waals surface area (Å²) >= 11 is 6.22. The third kappa shape index (κ3) is 4.18. The second-order valence-corrected chi connectivity index (χ2v) is 9.07. The summed E-state index contributed by atoms with van der Waals surface area (Å²) in [6.07, 6.45) is 2.82. The summed E-state index contributed by atoms with van der Waals surface area (Å²) in [6, 6.07) is 10.1. The van der Waals surface area contributed by atoms with Gasteiger partial charge in [0.25, 0.3) is 0 Å². The summed E-state index contributed by atoms with van der Waals surface area (Å²) in [5, 5.41) is 4.29. The van der Waals surface area contributed by atoms with E-state index in [4.69, 9.17) is 16.6 Å². The highest BCUT2D eigenvalue weighted by atomic mass is 35.5. The number of hydrogen-bond donors (Lipinski definition) is 1. The number of benzene rings is 1. The van der Waals surface area contributed by atoms with Crippen molar-refractivity contribution in [2.75, 3.05) is 5.32 Å². The molecule has 138 valence electrons. The average molecular weight is 374 g/mol. The Morgan fingerprint density at radius 2 is 1.69 bits per heavy atom. The molecule has 0 spiro atoms. The van der Waals surface area contributed by atoms with Gasteiger partial charge in [0.1, 0.15) is 23.0 Å². The standard InChI is InChI=1S/C21H25ClFN3/c1-20(2,3)13-21(4,5)25-19-18(14-6-9-16(23)10-7-14)24-17-11-8-15(22)12-26(17)19/h6-12,25H,13H2,1-5H3. The normalized spacial score (nSPS) is 12.6. The first-order valence-electron chi connectivity index (χ1n) is 8.76. The van der Waals surface area contributed by atoms with Crippen LogP contribution in [0.3, 0.4) is 0 Å². The fourth-order valence-corrected chi connectivity index (χ4v) is 3.80. The van der Waals surface area contributed by atoms with Crippen LogP contribution >= 0.6 is 11.6 Å². The topological polar surface area (TPSA) is 29.3 Å². The number of pyridine rings is 1. The number of anilines is 1. The summed E-state index contributed by atoms with van der Waals surface area (Å²) in [7, 11) is 0. The Morgan fingerprint density at radius 3 is 2.31 bits per heavy atom. The van der Waals surface area contributed by atoms with Gasteiger partial charge in [-0.25, -0.2) is 9.37 Å². The summed E-state index contributed by atoms with van der Waals surface area (Å²) in [5.41, 5.74) is 2.45. The Bertz CT molecular complexity index is 921. The minimum atomic E-state index is -0.261. The zero-order valence-corrected chi connectivity index (χ0v) is 16.7. The molecule has 2 heterocycles. The van der Waals surface area contributed by atoms with Gasteiger partial charge in [-0.1, -0.05) is 32.4 Å². The van der Waals surface area contributed by atoms with Crippen molar-refractivity contribution in [2.45, 2.75) is 46.6 Å². The number of halogens is 2. The number of hydrogen-bond acceptors (Lipinski definition) is 2. The van der Waals surface area contributed by atoms with E-state index >= 15 is 0 Å². The molecule has 3 aromatic rings. The molecule has 1 N–H and O–H groups in total. The molecule has 0 unspecified atom stereocenters. The first kappa shape index (κ1) is 18.7. The van der Waals surface area contributed by atoms with Gasteiger partial charge in [-0.15, -0.1) is 0 Å². The van der Waals surface area contributed by atoms with Gasteiger partial charge in [0.15, 0.2) is 0 Å². The van der Waals surface area contributed by atoms with Gasteiger partial charge in [-0.3, -0.25) is 4.40 Å². The molecule has 0 aliphatic rings. The maximum Gasteiger partial charge on any atom is 0.139 e. The van der Waals surface area contributed by atoms with E-state index in [2.05, 4.69) is 39.9 Å². The summed E-state index contributed by atoms with van der Waals surface area (Å²) in [4.78, 5) is 4.75. The van der Waals surface area contributed by atoms with Crippen molar-refractivity contribution in [3.05, 3.63) is 53.4 Å². The second kappa shape index (κ2) is 6.58. The van der Waals surface area contributed by atoms with Gasteiger partial charge in [0.05, 0.1) is 5.02 Å².